The highest BCUT2D eigenvalue weighted by Gasteiger charge is 2.00. The molecule has 0 aliphatic heterocycles. The van der Waals surface area contributed by atoms with Crippen LogP contribution in [0.3, 0.4) is 0 Å². The van der Waals surface area contributed by atoms with Crippen LogP contribution in [0.1, 0.15) is 5.69 Å². The first-order valence-electron chi connectivity index (χ1n) is 4.57. The van der Waals surface area contributed by atoms with E-state index in [9.17, 15) is 4.39 Å². The van der Waals surface area contributed by atoms with Gasteiger partial charge in [0, 0.05) is 10.9 Å². The maximum Gasteiger partial charge on any atom is 0.123 e. The summed E-state index contributed by atoms with van der Waals surface area (Å²) in [6.45, 7) is 0. The highest BCUT2D eigenvalue weighted by Crippen LogP contribution is 2.18. The van der Waals surface area contributed by atoms with E-state index in [-0.39, 0.29) is 5.82 Å². The van der Waals surface area contributed by atoms with E-state index >= 15 is 0 Å². The smallest absolute Gasteiger partial charge is 0.123 e. The van der Waals surface area contributed by atoms with Crippen molar-refractivity contribution in [2.24, 2.45) is 0 Å². The molecule has 0 fully saturated rings. The summed E-state index contributed by atoms with van der Waals surface area (Å²) >= 11 is 3.35. The second-order valence-electron chi connectivity index (χ2n) is 3.15. The number of nitrogens with zero attached hydrogens (tertiary/aromatic N) is 1. The molecule has 15 heavy (non-hydrogen) atoms. The largest absolute Gasteiger partial charge is 0.252 e. The molecular weight excluding hydrogens is 257 g/mol. The molecule has 0 spiro atoms. The summed E-state index contributed by atoms with van der Waals surface area (Å²) in [6, 6.07) is 12.2. The van der Waals surface area contributed by atoms with Gasteiger partial charge in [-0.2, -0.15) is 0 Å². The van der Waals surface area contributed by atoms with Gasteiger partial charge in [-0.3, -0.25) is 4.98 Å². The van der Waals surface area contributed by atoms with E-state index in [0.717, 1.165) is 22.3 Å². The molecular formula is C12H9BrFN. The number of pyridine rings is 1. The van der Waals surface area contributed by atoms with Gasteiger partial charge < -0.3 is 0 Å². The van der Waals surface area contributed by atoms with Gasteiger partial charge in [0.2, 0.25) is 0 Å². The quantitative estimate of drug-likeness (QED) is 0.754. The Morgan fingerprint density at radius 2 is 1.80 bits per heavy atom. The molecule has 0 atom stereocenters. The maximum absolute atomic E-state index is 12.7. The van der Waals surface area contributed by atoms with Gasteiger partial charge in [-0.05, 0) is 36.4 Å². The van der Waals surface area contributed by atoms with Crippen LogP contribution in [0.4, 0.5) is 4.39 Å². The predicted octanol–water partition coefficient (Wildman–Crippen LogP) is 3.78. The van der Waals surface area contributed by atoms with Gasteiger partial charge in [0.05, 0.1) is 11.4 Å². The fourth-order valence-electron chi connectivity index (χ4n) is 1.34. The van der Waals surface area contributed by atoms with E-state index in [4.69, 9.17) is 0 Å². The van der Waals surface area contributed by atoms with Crippen LogP contribution in [0.15, 0.2) is 42.5 Å². The summed E-state index contributed by atoms with van der Waals surface area (Å²) in [5.41, 5.74) is 2.77. The Balaban J connectivity index is 2.40. The van der Waals surface area contributed by atoms with Gasteiger partial charge in [-0.15, -0.1) is 0 Å². The highest BCUT2D eigenvalue weighted by molar-refractivity contribution is 9.08. The molecule has 1 heterocycles. The van der Waals surface area contributed by atoms with Crippen molar-refractivity contribution in [1.82, 2.24) is 4.98 Å². The summed E-state index contributed by atoms with van der Waals surface area (Å²) in [4.78, 5) is 4.42. The van der Waals surface area contributed by atoms with Crippen LogP contribution in [-0.2, 0) is 5.33 Å². The standard InChI is InChI=1S/C12H9BrFN/c13-8-11-2-1-3-12(15-11)9-4-6-10(14)7-5-9/h1-7H,8H2. The van der Waals surface area contributed by atoms with Gasteiger partial charge in [0.25, 0.3) is 0 Å². The Morgan fingerprint density at radius 3 is 2.47 bits per heavy atom. The van der Waals surface area contributed by atoms with Crippen LogP contribution in [0.25, 0.3) is 11.3 Å². The third-order valence-electron chi connectivity index (χ3n) is 2.08. The van der Waals surface area contributed by atoms with E-state index in [1.807, 2.05) is 18.2 Å². The first kappa shape index (κ1) is 10.3. The average Bonchev–Trinajstić information content (AvgIpc) is 2.30. The summed E-state index contributed by atoms with van der Waals surface area (Å²) in [7, 11) is 0. The van der Waals surface area contributed by atoms with Crippen molar-refractivity contribution >= 4 is 15.9 Å². The van der Waals surface area contributed by atoms with Gasteiger partial charge in [-0.25, -0.2) is 4.39 Å². The summed E-state index contributed by atoms with van der Waals surface area (Å²) in [5.74, 6) is -0.226. The molecule has 2 aromatic rings. The first-order chi connectivity index (χ1) is 7.29. The minimum atomic E-state index is -0.226. The molecule has 0 saturated carbocycles. The molecule has 0 aliphatic rings. The third-order valence-corrected chi connectivity index (χ3v) is 2.66. The van der Waals surface area contributed by atoms with Crippen LogP contribution in [-0.4, -0.2) is 4.98 Å². The number of hydrogen-bond donors (Lipinski definition) is 0. The lowest BCUT2D eigenvalue weighted by Gasteiger charge is -2.02. The molecule has 3 heteroatoms. The molecule has 2 rings (SSSR count). The molecule has 0 radical (unpaired) electrons. The SMILES string of the molecule is Fc1ccc(-c2cccc(CBr)n2)cc1. The van der Waals surface area contributed by atoms with Crippen molar-refractivity contribution in [2.45, 2.75) is 5.33 Å². The van der Waals surface area contributed by atoms with E-state index in [0.29, 0.717) is 0 Å². The zero-order valence-corrected chi connectivity index (χ0v) is 9.54. The second-order valence-corrected chi connectivity index (χ2v) is 3.72. The normalized spacial score (nSPS) is 10.3. The third kappa shape index (κ3) is 2.42. The lowest BCUT2D eigenvalue weighted by atomic mass is 10.1. The van der Waals surface area contributed by atoms with E-state index in [2.05, 4.69) is 20.9 Å². The van der Waals surface area contributed by atoms with Crippen molar-refractivity contribution in [3.63, 3.8) is 0 Å². The van der Waals surface area contributed by atoms with Gasteiger partial charge >= 0.3 is 0 Å². The van der Waals surface area contributed by atoms with Crippen LogP contribution < -0.4 is 0 Å². The van der Waals surface area contributed by atoms with E-state index in [1.165, 1.54) is 12.1 Å². The van der Waals surface area contributed by atoms with Crippen LogP contribution in [0.5, 0.6) is 0 Å². The highest BCUT2D eigenvalue weighted by atomic mass is 79.9. The van der Waals surface area contributed by atoms with Crippen molar-refractivity contribution in [3.8, 4) is 11.3 Å². The minimum Gasteiger partial charge on any atom is -0.252 e. The lowest BCUT2D eigenvalue weighted by molar-refractivity contribution is 0.628. The second kappa shape index (κ2) is 4.53. The average molecular weight is 266 g/mol. The fourth-order valence-corrected chi connectivity index (χ4v) is 1.65. The number of hydrogen-bond acceptors (Lipinski definition) is 1. The predicted molar refractivity (Wildman–Crippen MR) is 62.3 cm³/mol. The molecule has 0 bridgehead atoms. The van der Waals surface area contributed by atoms with Crippen molar-refractivity contribution < 1.29 is 4.39 Å². The number of benzene rings is 1. The van der Waals surface area contributed by atoms with Gasteiger partial charge in [-0.1, -0.05) is 22.0 Å². The number of rotatable bonds is 2. The molecule has 0 saturated heterocycles. The van der Waals surface area contributed by atoms with E-state index in [1.54, 1.807) is 12.1 Å². The van der Waals surface area contributed by atoms with Gasteiger partial charge in [0.15, 0.2) is 0 Å². The molecule has 1 nitrogen and oxygen atoms in total. The Kier molecular flexibility index (Phi) is 3.11. The Labute approximate surface area is 96.1 Å². The Hall–Kier alpha value is -1.22. The Morgan fingerprint density at radius 1 is 1.07 bits per heavy atom. The topological polar surface area (TPSA) is 12.9 Å². The van der Waals surface area contributed by atoms with Gasteiger partial charge in [0.1, 0.15) is 5.82 Å². The molecule has 76 valence electrons. The van der Waals surface area contributed by atoms with Crippen LogP contribution in [0, 0.1) is 5.82 Å². The van der Waals surface area contributed by atoms with E-state index < -0.39 is 0 Å². The number of halogens is 2. The fraction of sp³-hybridized carbons (Fsp3) is 0.0833. The van der Waals surface area contributed by atoms with Crippen LogP contribution >= 0.6 is 15.9 Å². The molecule has 1 aromatic carbocycles. The minimum absolute atomic E-state index is 0.226. The van der Waals surface area contributed by atoms with Crippen molar-refractivity contribution in [2.75, 3.05) is 0 Å². The zero-order valence-electron chi connectivity index (χ0n) is 7.95. The first-order valence-corrected chi connectivity index (χ1v) is 5.69. The Bertz CT molecular complexity index is 453. The summed E-state index contributed by atoms with van der Waals surface area (Å²) in [6.07, 6.45) is 0. The number of alkyl halides is 1. The molecule has 0 aliphatic carbocycles. The van der Waals surface area contributed by atoms with Crippen molar-refractivity contribution in [3.05, 3.63) is 54.0 Å². The number of aromatic nitrogens is 1. The maximum atomic E-state index is 12.7. The molecule has 1 aromatic heterocycles. The van der Waals surface area contributed by atoms with Crippen LogP contribution in [0.2, 0.25) is 0 Å². The molecule has 0 amide bonds. The monoisotopic (exact) mass is 265 g/mol. The summed E-state index contributed by atoms with van der Waals surface area (Å²) < 4.78 is 12.7. The molecule has 0 N–H and O–H groups in total. The molecule has 0 unspecified atom stereocenters. The summed E-state index contributed by atoms with van der Waals surface area (Å²) in [5, 5.41) is 0.724. The zero-order chi connectivity index (χ0) is 10.7. The van der Waals surface area contributed by atoms with Crippen molar-refractivity contribution in [1.29, 1.82) is 0 Å². The lowest BCUT2D eigenvalue weighted by Crippen LogP contribution is -1.88.